The van der Waals surface area contributed by atoms with Crippen molar-refractivity contribution >= 4 is 29.2 Å². The zero-order valence-electron chi connectivity index (χ0n) is 15.2. The number of hydrogen-bond donors (Lipinski definition) is 1. The summed E-state index contributed by atoms with van der Waals surface area (Å²) in [5.41, 5.74) is -1.48. The lowest BCUT2D eigenvalue weighted by Gasteiger charge is -2.58. The van der Waals surface area contributed by atoms with Crippen LogP contribution >= 0.6 is 11.6 Å². The molecule has 4 bridgehead atoms. The molecule has 1 aromatic rings. The molecule has 0 heterocycles. The van der Waals surface area contributed by atoms with Gasteiger partial charge in [-0.3, -0.25) is 9.59 Å². The maximum atomic E-state index is 12.8. The molecule has 0 saturated heterocycles. The minimum absolute atomic E-state index is 0.00499. The summed E-state index contributed by atoms with van der Waals surface area (Å²) in [5, 5.41) is 2.35. The molecule has 4 aliphatic carbocycles. The molecule has 5 rings (SSSR count). The highest BCUT2D eigenvalue weighted by Crippen LogP contribution is 2.64. The van der Waals surface area contributed by atoms with Gasteiger partial charge in [0.25, 0.3) is 5.91 Å². The number of ether oxygens (including phenoxy) is 1. The first-order chi connectivity index (χ1) is 13.1. The number of esters is 1. The second-order valence-electron chi connectivity index (χ2n) is 8.60. The van der Waals surface area contributed by atoms with E-state index in [4.69, 9.17) is 16.3 Å². The molecule has 4 fully saturated rings. The largest absolute Gasteiger partial charge is 0.455 e. The minimum atomic E-state index is -4.50. The zero-order valence-corrected chi connectivity index (χ0v) is 15.9. The number of carbonyl (C=O) groups excluding carboxylic acids is 2. The topological polar surface area (TPSA) is 55.4 Å². The second kappa shape index (κ2) is 6.65. The maximum absolute atomic E-state index is 12.8. The summed E-state index contributed by atoms with van der Waals surface area (Å²) >= 11 is 6.71. The van der Waals surface area contributed by atoms with E-state index in [0.29, 0.717) is 18.3 Å². The fraction of sp³-hybridized carbons (Fsp3) is 0.600. The molecule has 0 aliphatic heterocycles. The number of hydrogen-bond acceptors (Lipinski definition) is 3. The average Bonchev–Trinajstić information content (AvgIpc) is 2.57. The van der Waals surface area contributed by atoms with Crippen molar-refractivity contribution in [2.45, 2.75) is 49.6 Å². The third kappa shape index (κ3) is 3.73. The van der Waals surface area contributed by atoms with Gasteiger partial charge in [-0.1, -0.05) is 6.07 Å². The third-order valence-corrected chi connectivity index (χ3v) is 6.67. The van der Waals surface area contributed by atoms with Gasteiger partial charge in [0.2, 0.25) is 0 Å². The summed E-state index contributed by atoms with van der Waals surface area (Å²) in [7, 11) is 0. The molecule has 0 unspecified atom stereocenters. The van der Waals surface area contributed by atoms with Crippen molar-refractivity contribution in [3.05, 3.63) is 29.8 Å². The van der Waals surface area contributed by atoms with E-state index in [1.54, 1.807) is 0 Å². The highest BCUT2D eigenvalue weighted by atomic mass is 35.5. The van der Waals surface area contributed by atoms with Crippen LogP contribution in [-0.2, 0) is 20.5 Å². The summed E-state index contributed by atoms with van der Waals surface area (Å²) in [6, 6.07) is 4.33. The Morgan fingerprint density at radius 1 is 1.18 bits per heavy atom. The molecule has 0 spiro atoms. The third-order valence-electron chi connectivity index (χ3n) is 6.23. The number of rotatable bonds is 4. The van der Waals surface area contributed by atoms with Gasteiger partial charge in [0.05, 0.1) is 11.0 Å². The lowest BCUT2D eigenvalue weighted by Crippen LogP contribution is -2.56. The van der Waals surface area contributed by atoms with E-state index in [-0.39, 0.29) is 10.6 Å². The average molecular weight is 416 g/mol. The van der Waals surface area contributed by atoms with Gasteiger partial charge in [-0.2, -0.15) is 13.2 Å². The van der Waals surface area contributed by atoms with Crippen LogP contribution in [0.25, 0.3) is 0 Å². The van der Waals surface area contributed by atoms with Crippen LogP contribution in [0.4, 0.5) is 18.9 Å². The molecular weight excluding hydrogens is 395 g/mol. The Balaban J connectivity index is 1.36. The SMILES string of the molecule is O=C(COC(=O)C12C[C@H]3C[C@@H](CC(Cl)(C3)C1)C2)Nc1cccc(C(F)(F)F)c1. The van der Waals surface area contributed by atoms with Crippen molar-refractivity contribution in [1.82, 2.24) is 0 Å². The number of alkyl halides is 4. The van der Waals surface area contributed by atoms with Crippen LogP contribution in [0.3, 0.4) is 0 Å². The minimum Gasteiger partial charge on any atom is -0.455 e. The van der Waals surface area contributed by atoms with Crippen LogP contribution in [0.2, 0.25) is 0 Å². The Kier molecular flexibility index (Phi) is 4.64. The van der Waals surface area contributed by atoms with Crippen molar-refractivity contribution in [2.75, 3.05) is 11.9 Å². The number of anilines is 1. The van der Waals surface area contributed by atoms with E-state index in [9.17, 15) is 22.8 Å². The molecular formula is C20H21ClF3NO3. The number of carbonyl (C=O) groups is 2. The summed E-state index contributed by atoms with van der Waals surface area (Å²) in [4.78, 5) is 24.5. The van der Waals surface area contributed by atoms with Crippen molar-refractivity contribution in [3.63, 3.8) is 0 Å². The first-order valence-electron chi connectivity index (χ1n) is 9.40. The van der Waals surface area contributed by atoms with Gasteiger partial charge >= 0.3 is 12.1 Å². The van der Waals surface area contributed by atoms with Crippen LogP contribution in [0.1, 0.15) is 44.1 Å². The smallest absolute Gasteiger partial charge is 0.416 e. The van der Waals surface area contributed by atoms with Crippen LogP contribution < -0.4 is 5.32 Å². The molecule has 1 N–H and O–H groups in total. The van der Waals surface area contributed by atoms with Gasteiger partial charge in [0, 0.05) is 10.6 Å². The molecule has 4 aliphatic rings. The van der Waals surface area contributed by atoms with E-state index in [2.05, 4.69) is 5.32 Å². The summed E-state index contributed by atoms with van der Waals surface area (Å²) < 4.78 is 43.5. The Bertz CT molecular complexity index is 796. The number of amides is 1. The highest BCUT2D eigenvalue weighted by molar-refractivity contribution is 6.24. The van der Waals surface area contributed by atoms with Crippen molar-refractivity contribution in [2.24, 2.45) is 17.3 Å². The van der Waals surface area contributed by atoms with Gasteiger partial charge in [0.15, 0.2) is 6.61 Å². The Hall–Kier alpha value is -1.76. The fourth-order valence-electron chi connectivity index (χ4n) is 5.64. The van der Waals surface area contributed by atoms with Gasteiger partial charge < -0.3 is 10.1 Å². The van der Waals surface area contributed by atoms with Crippen LogP contribution in [0.5, 0.6) is 0 Å². The summed E-state index contributed by atoms with van der Waals surface area (Å²) in [6.07, 6.45) is 0.510. The van der Waals surface area contributed by atoms with Gasteiger partial charge in [-0.05, 0) is 68.6 Å². The first kappa shape index (κ1) is 19.6. The molecule has 0 radical (unpaired) electrons. The van der Waals surface area contributed by atoms with Gasteiger partial charge in [-0.15, -0.1) is 11.6 Å². The van der Waals surface area contributed by atoms with Crippen LogP contribution in [-0.4, -0.2) is 23.4 Å². The molecule has 4 saturated carbocycles. The molecule has 1 amide bonds. The highest BCUT2D eigenvalue weighted by Gasteiger charge is 2.60. The van der Waals surface area contributed by atoms with E-state index < -0.39 is 35.6 Å². The first-order valence-corrected chi connectivity index (χ1v) is 9.78. The molecule has 4 nitrogen and oxygen atoms in total. The van der Waals surface area contributed by atoms with E-state index >= 15 is 0 Å². The maximum Gasteiger partial charge on any atom is 0.416 e. The number of nitrogens with one attached hydrogen (secondary N) is 1. The quantitative estimate of drug-likeness (QED) is 0.569. The second-order valence-corrected chi connectivity index (χ2v) is 9.40. The number of benzene rings is 1. The lowest BCUT2D eigenvalue weighted by atomic mass is 9.49. The van der Waals surface area contributed by atoms with E-state index in [0.717, 1.165) is 44.2 Å². The number of halogens is 4. The Labute approximate surface area is 165 Å². The van der Waals surface area contributed by atoms with Crippen LogP contribution in [0, 0.1) is 17.3 Å². The Morgan fingerprint density at radius 3 is 2.46 bits per heavy atom. The fourth-order valence-corrected chi connectivity index (χ4v) is 6.34. The monoisotopic (exact) mass is 415 g/mol. The zero-order chi connectivity index (χ0) is 20.2. The Morgan fingerprint density at radius 2 is 1.86 bits per heavy atom. The van der Waals surface area contributed by atoms with Crippen molar-refractivity contribution < 1.29 is 27.5 Å². The van der Waals surface area contributed by atoms with E-state index in [1.165, 1.54) is 12.1 Å². The molecule has 0 aromatic heterocycles. The molecule has 1 aromatic carbocycles. The van der Waals surface area contributed by atoms with Crippen LogP contribution in [0.15, 0.2) is 24.3 Å². The van der Waals surface area contributed by atoms with E-state index in [1.807, 2.05) is 0 Å². The summed E-state index contributed by atoms with van der Waals surface area (Å²) in [5.74, 6) is -0.237. The van der Waals surface area contributed by atoms with Gasteiger partial charge in [-0.25, -0.2) is 0 Å². The predicted octanol–water partition coefficient (Wildman–Crippen LogP) is 4.76. The molecule has 8 heteroatoms. The normalized spacial score (nSPS) is 33.6. The molecule has 2 atom stereocenters. The lowest BCUT2D eigenvalue weighted by molar-refractivity contribution is -0.171. The molecule has 28 heavy (non-hydrogen) atoms. The summed E-state index contributed by atoms with van der Waals surface area (Å²) in [6.45, 7) is -0.526. The van der Waals surface area contributed by atoms with Crippen molar-refractivity contribution in [3.8, 4) is 0 Å². The van der Waals surface area contributed by atoms with Crippen molar-refractivity contribution in [1.29, 1.82) is 0 Å². The van der Waals surface area contributed by atoms with Gasteiger partial charge in [0.1, 0.15) is 0 Å². The standard InChI is InChI=1S/C20H21ClF3NO3/c21-19-8-12-4-13(9-19)7-18(6-12,11-19)17(27)28-10-16(26)25-15-3-1-2-14(5-15)20(22,23)24/h1-3,5,12-13H,4,6-11H2,(H,25,26)/t12-,13-,18?,19?/m1/s1. The predicted molar refractivity (Wildman–Crippen MR) is 96.7 cm³/mol. The molecule has 152 valence electrons.